The second-order valence-electron chi connectivity index (χ2n) is 16.1. The molecule has 11 rings (SSSR count). The van der Waals surface area contributed by atoms with Gasteiger partial charge in [-0.25, -0.2) is 24.9 Å². The number of nitrogens with zero attached hydrogens (tertiary/aromatic N) is 5. The second-order valence-corrected chi connectivity index (χ2v) is 16.1. The third-order valence-corrected chi connectivity index (χ3v) is 11.7. The predicted octanol–water partition coefficient (Wildman–Crippen LogP) is 15.3. The molecule has 2 aromatic heterocycles. The lowest BCUT2D eigenvalue weighted by Crippen LogP contribution is -2.00. The minimum absolute atomic E-state index is 0.610. The van der Waals surface area contributed by atoms with Crippen molar-refractivity contribution < 1.29 is 0 Å². The fourth-order valence-electron chi connectivity index (χ4n) is 8.32. The molecule has 0 fully saturated rings. The molecule has 0 aliphatic heterocycles. The van der Waals surface area contributed by atoms with Gasteiger partial charge in [-0.3, -0.25) is 0 Å². The van der Waals surface area contributed by atoms with Crippen LogP contribution >= 0.6 is 0 Å². The molecule has 0 amide bonds. The number of hydrogen-bond donors (Lipinski definition) is 0. The number of rotatable bonds is 10. The summed E-state index contributed by atoms with van der Waals surface area (Å²) in [5.74, 6) is 2.55. The maximum atomic E-state index is 5.21. The van der Waals surface area contributed by atoms with Crippen LogP contribution in [0.15, 0.2) is 249 Å². The van der Waals surface area contributed by atoms with Crippen LogP contribution in [0.25, 0.3) is 113 Å². The molecule has 0 radical (unpaired) electrons. The van der Waals surface area contributed by atoms with Crippen LogP contribution in [0.1, 0.15) is 0 Å². The fraction of sp³-hybridized carbons (Fsp3) is 0. The number of benzene rings is 9. The summed E-state index contributed by atoms with van der Waals surface area (Å²) in [5.41, 5.74) is 16.2. The van der Waals surface area contributed by atoms with Crippen molar-refractivity contribution >= 4 is 0 Å². The van der Waals surface area contributed by atoms with Crippen LogP contribution in [0.3, 0.4) is 0 Å². The normalized spacial score (nSPS) is 11.0. The highest BCUT2D eigenvalue weighted by molar-refractivity contribution is 5.85. The molecule has 0 unspecified atom stereocenters. The van der Waals surface area contributed by atoms with Crippen molar-refractivity contribution in [1.29, 1.82) is 0 Å². The van der Waals surface area contributed by atoms with Gasteiger partial charge in [0.25, 0.3) is 0 Å². The molecule has 9 aromatic carbocycles. The third-order valence-electron chi connectivity index (χ3n) is 11.7. The predicted molar refractivity (Wildman–Crippen MR) is 270 cm³/mol. The van der Waals surface area contributed by atoms with Gasteiger partial charge in [0.1, 0.15) is 0 Å². The van der Waals surface area contributed by atoms with Crippen LogP contribution in [0.4, 0.5) is 0 Å². The molecule has 5 heteroatoms. The molecule has 0 aliphatic rings. The van der Waals surface area contributed by atoms with Crippen molar-refractivity contribution in [1.82, 2.24) is 24.9 Å². The summed E-state index contributed by atoms with van der Waals surface area (Å²) in [6, 6.07) is 86.1. The Labute approximate surface area is 384 Å². The topological polar surface area (TPSA) is 64.5 Å². The Hall–Kier alpha value is -8.93. The summed E-state index contributed by atoms with van der Waals surface area (Å²) in [7, 11) is 0. The van der Waals surface area contributed by atoms with Crippen LogP contribution in [0, 0.1) is 0 Å². The monoisotopic (exact) mass is 843 g/mol. The largest absolute Gasteiger partial charge is 0.228 e. The average molecular weight is 844 g/mol. The maximum Gasteiger partial charge on any atom is 0.164 e. The quantitative estimate of drug-likeness (QED) is 0.137. The van der Waals surface area contributed by atoms with Gasteiger partial charge in [-0.1, -0.05) is 206 Å². The molecule has 0 atom stereocenters. The van der Waals surface area contributed by atoms with Crippen molar-refractivity contribution in [2.75, 3.05) is 0 Å². The Bertz CT molecular complexity index is 3070. The number of aromatic nitrogens is 5. The lowest BCUT2D eigenvalue weighted by Gasteiger charge is -2.14. The van der Waals surface area contributed by atoms with Crippen molar-refractivity contribution in [3.8, 4) is 113 Å². The van der Waals surface area contributed by atoms with E-state index in [-0.39, 0.29) is 0 Å². The Morgan fingerprint density at radius 1 is 0.152 bits per heavy atom. The molecule has 0 saturated carbocycles. The van der Waals surface area contributed by atoms with Crippen LogP contribution in [0.5, 0.6) is 0 Å². The summed E-state index contributed by atoms with van der Waals surface area (Å²) >= 11 is 0. The van der Waals surface area contributed by atoms with E-state index >= 15 is 0 Å². The van der Waals surface area contributed by atoms with Gasteiger partial charge in [0.05, 0.1) is 11.4 Å². The first-order valence-electron chi connectivity index (χ1n) is 22.1. The van der Waals surface area contributed by atoms with E-state index in [1.54, 1.807) is 0 Å². The third kappa shape index (κ3) is 8.57. The van der Waals surface area contributed by atoms with E-state index in [4.69, 9.17) is 24.9 Å². The summed E-state index contributed by atoms with van der Waals surface area (Å²) in [6.07, 6.45) is 0. The van der Waals surface area contributed by atoms with Gasteiger partial charge in [0, 0.05) is 33.4 Å². The van der Waals surface area contributed by atoms with Crippen LogP contribution < -0.4 is 0 Å². The summed E-state index contributed by atoms with van der Waals surface area (Å²) in [5, 5.41) is 0. The highest BCUT2D eigenvalue weighted by Gasteiger charge is 2.17. The standard InChI is InChI=1S/C61H41N5/c1-7-19-42(20-8-1)50-35-51(38-54(37-50)57-41-56(46-23-11-3-12-24-46)62-58(63-57)47-25-13-4-14-26-47)44-31-33-45(34-32-44)53-36-52(43-21-9-2-10-22-43)39-55(40-53)61-65-59(48-27-15-5-16-28-48)64-60(66-61)49-29-17-6-18-30-49/h1-41H. The molecular formula is C61H41N5. The molecule has 310 valence electrons. The maximum absolute atomic E-state index is 5.21. The van der Waals surface area contributed by atoms with Crippen LogP contribution in [-0.2, 0) is 0 Å². The average Bonchev–Trinajstić information content (AvgIpc) is 3.42. The summed E-state index contributed by atoms with van der Waals surface area (Å²) in [6.45, 7) is 0. The van der Waals surface area contributed by atoms with Gasteiger partial charge in [-0.15, -0.1) is 0 Å². The molecule has 0 aliphatic carbocycles. The molecule has 0 bridgehead atoms. The van der Waals surface area contributed by atoms with Gasteiger partial charge in [0.15, 0.2) is 23.3 Å². The molecule has 5 nitrogen and oxygen atoms in total. The van der Waals surface area contributed by atoms with Gasteiger partial charge in [-0.05, 0) is 87.0 Å². The molecule has 0 saturated heterocycles. The van der Waals surface area contributed by atoms with Crippen molar-refractivity contribution in [2.24, 2.45) is 0 Å². The first-order chi connectivity index (χ1) is 32.7. The summed E-state index contributed by atoms with van der Waals surface area (Å²) in [4.78, 5) is 25.4. The van der Waals surface area contributed by atoms with Gasteiger partial charge in [0.2, 0.25) is 0 Å². The Morgan fingerprint density at radius 3 is 0.758 bits per heavy atom. The number of hydrogen-bond acceptors (Lipinski definition) is 5. The lowest BCUT2D eigenvalue weighted by molar-refractivity contribution is 1.07. The Morgan fingerprint density at radius 2 is 0.394 bits per heavy atom. The molecule has 0 spiro atoms. The highest BCUT2D eigenvalue weighted by atomic mass is 15.0. The fourth-order valence-corrected chi connectivity index (χ4v) is 8.32. The first kappa shape index (κ1) is 39.9. The molecule has 2 heterocycles. The van der Waals surface area contributed by atoms with E-state index in [1.165, 1.54) is 0 Å². The minimum Gasteiger partial charge on any atom is -0.228 e. The van der Waals surface area contributed by atoms with Crippen molar-refractivity contribution in [2.45, 2.75) is 0 Å². The van der Waals surface area contributed by atoms with Crippen LogP contribution in [0.2, 0.25) is 0 Å². The van der Waals surface area contributed by atoms with E-state index < -0.39 is 0 Å². The molecular weight excluding hydrogens is 803 g/mol. The van der Waals surface area contributed by atoms with Gasteiger partial charge in [-0.2, -0.15) is 0 Å². The Balaban J connectivity index is 1.03. The molecule has 11 aromatic rings. The van der Waals surface area contributed by atoms with Crippen molar-refractivity contribution in [3.05, 3.63) is 249 Å². The van der Waals surface area contributed by atoms with Gasteiger partial charge >= 0.3 is 0 Å². The lowest BCUT2D eigenvalue weighted by atomic mass is 9.92. The van der Waals surface area contributed by atoms with E-state index in [9.17, 15) is 0 Å². The smallest absolute Gasteiger partial charge is 0.164 e. The first-order valence-corrected chi connectivity index (χ1v) is 22.1. The van der Waals surface area contributed by atoms with E-state index in [0.717, 1.165) is 89.3 Å². The SMILES string of the molecule is c1ccc(-c2cc(-c3ccc(-c4cc(-c5ccccc5)cc(-c5nc(-c6ccccc6)nc(-c6ccccc6)n5)c4)cc3)cc(-c3cc(-c4ccccc4)nc(-c4ccccc4)n3)c2)cc1. The van der Waals surface area contributed by atoms with E-state index in [1.807, 2.05) is 103 Å². The molecule has 0 N–H and O–H groups in total. The second kappa shape index (κ2) is 18.0. The van der Waals surface area contributed by atoms with E-state index in [2.05, 4.69) is 146 Å². The molecule has 66 heavy (non-hydrogen) atoms. The zero-order valence-electron chi connectivity index (χ0n) is 35.9. The zero-order chi connectivity index (χ0) is 44.1. The van der Waals surface area contributed by atoms with Crippen LogP contribution in [-0.4, -0.2) is 24.9 Å². The Kier molecular flexibility index (Phi) is 10.9. The minimum atomic E-state index is 0.610. The highest BCUT2D eigenvalue weighted by Crippen LogP contribution is 2.37. The zero-order valence-corrected chi connectivity index (χ0v) is 35.9. The van der Waals surface area contributed by atoms with Crippen molar-refractivity contribution in [3.63, 3.8) is 0 Å². The summed E-state index contributed by atoms with van der Waals surface area (Å²) < 4.78 is 0. The van der Waals surface area contributed by atoms with E-state index in [0.29, 0.717) is 23.3 Å². The van der Waals surface area contributed by atoms with Gasteiger partial charge < -0.3 is 0 Å².